The first-order valence-electron chi connectivity index (χ1n) is 4.35. The number of halogens is 1. The Balaban J connectivity index is 2.90. The van der Waals surface area contributed by atoms with Crippen LogP contribution < -0.4 is 0 Å². The van der Waals surface area contributed by atoms with Gasteiger partial charge >= 0.3 is 0 Å². The Bertz CT molecular complexity index is 296. The second-order valence-corrected chi connectivity index (χ2v) is 7.34. The third-order valence-electron chi connectivity index (χ3n) is 1.70. The summed E-state index contributed by atoms with van der Waals surface area (Å²) in [4.78, 5) is 0. The maximum atomic E-state index is 6.30. The molecule has 0 saturated carbocycles. The average Bonchev–Trinajstić information content (AvgIpc) is 2.04. The van der Waals surface area contributed by atoms with Crippen molar-refractivity contribution in [3.05, 3.63) is 35.9 Å². The van der Waals surface area contributed by atoms with Crippen molar-refractivity contribution in [2.24, 2.45) is 0 Å². The Morgan fingerprint density at radius 1 is 1.15 bits per heavy atom. The molecule has 0 amide bonds. The Morgan fingerprint density at radius 3 is 2.15 bits per heavy atom. The smallest absolute Gasteiger partial charge is 0.0622 e. The topological polar surface area (TPSA) is 0 Å². The summed E-state index contributed by atoms with van der Waals surface area (Å²) in [7, 11) is 0. The molecule has 13 heavy (non-hydrogen) atoms. The molecule has 0 aliphatic heterocycles. The van der Waals surface area contributed by atoms with E-state index in [1.165, 1.54) is 5.56 Å². The summed E-state index contributed by atoms with van der Waals surface area (Å²) in [5, 5.41) is 0.187. The molecule has 0 aromatic heterocycles. The molecule has 0 aliphatic rings. The van der Waals surface area contributed by atoms with Crippen LogP contribution in [0.4, 0.5) is 0 Å². The van der Waals surface area contributed by atoms with E-state index in [9.17, 15) is 0 Å². The fourth-order valence-electron chi connectivity index (χ4n) is 0.864. The lowest BCUT2D eigenvalue weighted by Crippen LogP contribution is -2.05. The van der Waals surface area contributed by atoms with Crippen LogP contribution in [0.5, 0.6) is 0 Å². The molecule has 0 aliphatic carbocycles. The van der Waals surface area contributed by atoms with Crippen LogP contribution in [0.25, 0.3) is 0 Å². The Hall–Kier alpha value is -0.320. The van der Waals surface area contributed by atoms with Gasteiger partial charge in [0.25, 0.3) is 0 Å². The van der Waals surface area contributed by atoms with E-state index >= 15 is 0 Å². The van der Waals surface area contributed by atoms with Crippen LogP contribution in [0.3, 0.4) is 0 Å². The quantitative estimate of drug-likeness (QED) is 0.611. The summed E-state index contributed by atoms with van der Waals surface area (Å²) >= 11 is 6.30. The molecule has 0 saturated heterocycles. The first kappa shape index (κ1) is 10.8. The SMILES string of the molecule is CC(C)(C)[P+](Cl)=Cc1ccccc1. The molecule has 2 heteroatoms. The summed E-state index contributed by atoms with van der Waals surface area (Å²) in [5.74, 6) is 2.16. The van der Waals surface area contributed by atoms with Gasteiger partial charge < -0.3 is 0 Å². The van der Waals surface area contributed by atoms with Gasteiger partial charge in [-0.3, -0.25) is 0 Å². The van der Waals surface area contributed by atoms with Crippen molar-refractivity contribution in [1.82, 2.24) is 0 Å². The lowest BCUT2D eigenvalue weighted by molar-refractivity contribution is 0.800. The highest BCUT2D eigenvalue weighted by Crippen LogP contribution is 2.44. The molecule has 1 aromatic carbocycles. The van der Waals surface area contributed by atoms with Crippen molar-refractivity contribution < 1.29 is 0 Å². The maximum Gasteiger partial charge on any atom is 0.215 e. The standard InChI is InChI=1S/C11H15ClP/c1-11(2,3)13(12)9-10-7-5-4-6-8-10/h4-9H,1-3H3/q+1. The van der Waals surface area contributed by atoms with Crippen LogP contribution in [0.15, 0.2) is 30.3 Å². The highest BCUT2D eigenvalue weighted by molar-refractivity contribution is 7.84. The molecule has 0 fully saturated rings. The lowest BCUT2D eigenvalue weighted by atomic mass is 10.2. The van der Waals surface area contributed by atoms with Crippen molar-refractivity contribution in [3.63, 3.8) is 0 Å². The molecular formula is C11H15ClP+. The van der Waals surface area contributed by atoms with Gasteiger partial charge in [-0.15, -0.1) is 0 Å². The normalized spacial score (nSPS) is 13.1. The molecule has 1 aromatic rings. The molecule has 0 spiro atoms. The van der Waals surface area contributed by atoms with E-state index in [2.05, 4.69) is 38.7 Å². The number of benzene rings is 1. The van der Waals surface area contributed by atoms with Gasteiger partial charge in [0.05, 0.1) is 0 Å². The summed E-state index contributed by atoms with van der Waals surface area (Å²) in [6.45, 7) is 5.96. The summed E-state index contributed by atoms with van der Waals surface area (Å²) in [5.41, 5.74) is 1.22. The first-order chi connectivity index (χ1) is 6.00. The molecule has 70 valence electrons. The Morgan fingerprint density at radius 2 is 1.69 bits per heavy atom. The maximum absolute atomic E-state index is 6.30. The highest BCUT2D eigenvalue weighted by atomic mass is 35.7. The van der Waals surface area contributed by atoms with Crippen LogP contribution >= 0.6 is 18.1 Å². The molecule has 1 rings (SSSR count). The van der Waals surface area contributed by atoms with Crippen molar-refractivity contribution >= 4 is 23.9 Å². The number of hydrogen-bond acceptors (Lipinski definition) is 0. The van der Waals surface area contributed by atoms with Crippen molar-refractivity contribution in [2.75, 3.05) is 0 Å². The van der Waals surface area contributed by atoms with E-state index in [0.717, 1.165) is 0 Å². The zero-order valence-corrected chi connectivity index (χ0v) is 9.94. The number of hydrogen-bond donors (Lipinski definition) is 0. The van der Waals surface area contributed by atoms with Crippen molar-refractivity contribution in [2.45, 2.75) is 25.9 Å². The van der Waals surface area contributed by atoms with E-state index in [1.807, 2.05) is 18.2 Å². The Labute approximate surface area is 86.1 Å². The van der Waals surface area contributed by atoms with E-state index in [-0.39, 0.29) is 5.16 Å². The number of rotatable bonds is 1. The summed E-state index contributed by atoms with van der Waals surface area (Å²) in [6, 6.07) is 10.3. The highest BCUT2D eigenvalue weighted by Gasteiger charge is 2.27. The molecule has 0 nitrogen and oxygen atoms in total. The minimum Gasteiger partial charge on any atom is -0.0622 e. The van der Waals surface area contributed by atoms with Crippen LogP contribution in [-0.4, -0.2) is 11.0 Å². The van der Waals surface area contributed by atoms with Crippen LogP contribution in [0, 0.1) is 0 Å². The van der Waals surface area contributed by atoms with Gasteiger partial charge in [0.1, 0.15) is 11.0 Å². The van der Waals surface area contributed by atoms with E-state index < -0.39 is 6.90 Å². The predicted molar refractivity (Wildman–Crippen MR) is 64.1 cm³/mol. The molecule has 0 radical (unpaired) electrons. The zero-order valence-electron chi connectivity index (χ0n) is 8.29. The monoisotopic (exact) mass is 213 g/mol. The van der Waals surface area contributed by atoms with Crippen LogP contribution in [-0.2, 0) is 0 Å². The molecular weight excluding hydrogens is 199 g/mol. The van der Waals surface area contributed by atoms with E-state index in [0.29, 0.717) is 0 Å². The van der Waals surface area contributed by atoms with Crippen LogP contribution in [0.2, 0.25) is 0 Å². The fourth-order valence-corrected chi connectivity index (χ4v) is 2.02. The lowest BCUT2D eigenvalue weighted by Gasteiger charge is -2.04. The predicted octanol–water partition coefficient (Wildman–Crippen LogP) is 4.27. The Kier molecular flexibility index (Phi) is 3.53. The molecule has 0 heterocycles. The third kappa shape index (κ3) is 3.50. The van der Waals surface area contributed by atoms with Crippen LogP contribution in [0.1, 0.15) is 26.3 Å². The molecule has 0 bridgehead atoms. The van der Waals surface area contributed by atoms with Crippen molar-refractivity contribution in [1.29, 1.82) is 0 Å². The minimum absolute atomic E-state index is 0.187. The van der Waals surface area contributed by atoms with Crippen molar-refractivity contribution in [3.8, 4) is 0 Å². The summed E-state index contributed by atoms with van der Waals surface area (Å²) < 4.78 is 0. The molecule has 1 atom stereocenters. The van der Waals surface area contributed by atoms with Gasteiger partial charge in [-0.25, -0.2) is 0 Å². The summed E-state index contributed by atoms with van der Waals surface area (Å²) in [6.07, 6.45) is 0. The van der Waals surface area contributed by atoms with Gasteiger partial charge in [0.15, 0.2) is 11.2 Å². The average molecular weight is 214 g/mol. The second kappa shape index (κ2) is 4.26. The molecule has 0 N–H and O–H groups in total. The van der Waals surface area contributed by atoms with E-state index in [1.54, 1.807) is 0 Å². The minimum atomic E-state index is -0.551. The van der Waals surface area contributed by atoms with Gasteiger partial charge in [0, 0.05) is 5.56 Å². The fraction of sp³-hybridized carbons (Fsp3) is 0.364. The zero-order chi connectivity index (χ0) is 9.90. The van der Waals surface area contributed by atoms with Gasteiger partial charge in [0.2, 0.25) is 6.90 Å². The largest absolute Gasteiger partial charge is 0.215 e. The second-order valence-electron chi connectivity index (χ2n) is 4.02. The van der Waals surface area contributed by atoms with E-state index in [4.69, 9.17) is 11.2 Å². The van der Waals surface area contributed by atoms with Gasteiger partial charge in [-0.05, 0) is 20.8 Å². The first-order valence-corrected chi connectivity index (χ1v) is 6.67. The third-order valence-corrected chi connectivity index (χ3v) is 5.32. The van der Waals surface area contributed by atoms with Gasteiger partial charge in [-0.1, -0.05) is 30.3 Å². The van der Waals surface area contributed by atoms with Gasteiger partial charge in [-0.2, -0.15) is 0 Å². The molecule has 1 unspecified atom stereocenters.